The number of hydrogen-bond acceptors (Lipinski definition) is 5. The Morgan fingerprint density at radius 2 is 1.78 bits per heavy atom. The molecule has 0 bridgehead atoms. The van der Waals surface area contributed by atoms with Gasteiger partial charge in [0, 0.05) is 10.6 Å². The van der Waals surface area contributed by atoms with E-state index in [1.54, 1.807) is 30.3 Å². The highest BCUT2D eigenvalue weighted by Gasteiger charge is 2.24. The first kappa shape index (κ1) is 21.7. The summed E-state index contributed by atoms with van der Waals surface area (Å²) >= 11 is 7.11. The van der Waals surface area contributed by atoms with Gasteiger partial charge in [-0.15, -0.1) is 0 Å². The molecule has 1 aliphatic heterocycles. The fourth-order valence-corrected chi connectivity index (χ4v) is 3.94. The van der Waals surface area contributed by atoms with Crippen molar-refractivity contribution in [1.29, 1.82) is 0 Å². The van der Waals surface area contributed by atoms with Gasteiger partial charge in [-0.1, -0.05) is 54.1 Å². The van der Waals surface area contributed by atoms with Crippen molar-refractivity contribution in [3.05, 3.63) is 99.4 Å². The highest BCUT2D eigenvalue weighted by atomic mass is 35.5. The third-order valence-electron chi connectivity index (χ3n) is 4.56. The number of nitrogens with zero attached hydrogens (tertiary/aromatic N) is 1. The average molecular weight is 464 g/mol. The van der Waals surface area contributed by atoms with E-state index >= 15 is 0 Å². The molecule has 3 N–H and O–H groups in total. The van der Waals surface area contributed by atoms with Crippen molar-refractivity contribution in [2.24, 2.45) is 10.7 Å². The largest absolute Gasteiger partial charge is 0.488 e. The van der Waals surface area contributed by atoms with E-state index in [2.05, 4.69) is 10.3 Å². The molecule has 8 heteroatoms. The fraction of sp³-hybridized carbons (Fsp3) is 0.0417. The number of thioether (sulfide) groups is 1. The molecule has 3 aromatic rings. The lowest BCUT2D eigenvalue weighted by molar-refractivity contribution is -0.115. The maximum absolute atomic E-state index is 12.5. The van der Waals surface area contributed by atoms with E-state index in [1.165, 1.54) is 11.8 Å². The van der Waals surface area contributed by atoms with Gasteiger partial charge >= 0.3 is 0 Å². The molecule has 6 nitrogen and oxygen atoms in total. The van der Waals surface area contributed by atoms with Gasteiger partial charge in [-0.2, -0.15) is 0 Å². The minimum absolute atomic E-state index is 0.280. The number of amides is 2. The van der Waals surface area contributed by atoms with Crippen LogP contribution in [-0.4, -0.2) is 17.0 Å². The minimum atomic E-state index is -0.582. The number of carbonyl (C=O) groups excluding carboxylic acids is 2. The summed E-state index contributed by atoms with van der Waals surface area (Å²) in [4.78, 5) is 29.0. The summed E-state index contributed by atoms with van der Waals surface area (Å²) in [5, 5.41) is 3.76. The second-order valence-corrected chi connectivity index (χ2v) is 8.28. The molecule has 0 atom stereocenters. The van der Waals surface area contributed by atoms with E-state index in [9.17, 15) is 9.59 Å². The summed E-state index contributed by atoms with van der Waals surface area (Å²) in [6.07, 6.45) is 1.75. The number of nitrogens with one attached hydrogen (secondary N) is 1. The zero-order valence-corrected chi connectivity index (χ0v) is 18.3. The number of halogens is 1. The number of benzene rings is 3. The molecule has 1 fully saturated rings. The summed E-state index contributed by atoms with van der Waals surface area (Å²) < 4.78 is 5.96. The zero-order valence-electron chi connectivity index (χ0n) is 16.7. The van der Waals surface area contributed by atoms with Crippen molar-refractivity contribution >= 4 is 52.1 Å². The van der Waals surface area contributed by atoms with Crippen LogP contribution < -0.4 is 15.8 Å². The summed E-state index contributed by atoms with van der Waals surface area (Å²) in [7, 11) is 0. The monoisotopic (exact) mass is 463 g/mol. The lowest BCUT2D eigenvalue weighted by atomic mass is 10.2. The molecule has 0 radical (unpaired) electrons. The van der Waals surface area contributed by atoms with Gasteiger partial charge in [-0.25, -0.2) is 4.99 Å². The van der Waals surface area contributed by atoms with Crippen molar-refractivity contribution in [2.45, 2.75) is 6.61 Å². The first-order chi connectivity index (χ1) is 15.5. The van der Waals surface area contributed by atoms with E-state index in [0.717, 1.165) is 11.1 Å². The summed E-state index contributed by atoms with van der Waals surface area (Å²) in [5.41, 5.74) is 7.83. The molecule has 1 saturated heterocycles. The Hall–Kier alpha value is -3.55. The molecule has 0 aliphatic carbocycles. The molecule has 4 rings (SSSR count). The van der Waals surface area contributed by atoms with Crippen LogP contribution in [0.15, 0.2) is 82.7 Å². The van der Waals surface area contributed by atoms with Gasteiger partial charge in [0.05, 0.1) is 16.2 Å². The highest BCUT2D eigenvalue weighted by molar-refractivity contribution is 8.18. The highest BCUT2D eigenvalue weighted by Crippen LogP contribution is 2.31. The molecule has 1 heterocycles. The van der Waals surface area contributed by atoms with Crippen LogP contribution in [0.3, 0.4) is 0 Å². The quantitative estimate of drug-likeness (QED) is 0.508. The number of hydrogen-bond donors (Lipinski definition) is 2. The lowest BCUT2D eigenvalue weighted by Crippen LogP contribution is -2.19. The molecule has 0 spiro atoms. The van der Waals surface area contributed by atoms with Crippen LogP contribution >= 0.6 is 23.4 Å². The summed E-state index contributed by atoms with van der Waals surface area (Å²) in [6.45, 7) is 0.368. The van der Waals surface area contributed by atoms with Gasteiger partial charge in [-0.05, 0) is 53.7 Å². The first-order valence-electron chi connectivity index (χ1n) is 9.64. The molecule has 1 aliphatic rings. The van der Waals surface area contributed by atoms with Crippen molar-refractivity contribution in [3.8, 4) is 5.75 Å². The van der Waals surface area contributed by atoms with E-state index < -0.39 is 5.91 Å². The summed E-state index contributed by atoms with van der Waals surface area (Å²) in [6, 6.07) is 21.6. The Bertz CT molecular complexity index is 1240. The Morgan fingerprint density at radius 1 is 1.06 bits per heavy atom. The van der Waals surface area contributed by atoms with Crippen molar-refractivity contribution in [1.82, 2.24) is 5.32 Å². The molecular weight excluding hydrogens is 446 g/mol. The van der Waals surface area contributed by atoms with Gasteiger partial charge < -0.3 is 15.8 Å². The van der Waals surface area contributed by atoms with Crippen LogP contribution in [0.1, 0.15) is 21.5 Å². The van der Waals surface area contributed by atoms with Crippen molar-refractivity contribution < 1.29 is 14.3 Å². The van der Waals surface area contributed by atoms with Crippen molar-refractivity contribution in [2.75, 3.05) is 0 Å². The van der Waals surface area contributed by atoms with Crippen LogP contribution in [0.5, 0.6) is 5.75 Å². The zero-order chi connectivity index (χ0) is 22.5. The minimum Gasteiger partial charge on any atom is -0.488 e. The van der Waals surface area contributed by atoms with Gasteiger partial charge in [0.15, 0.2) is 5.17 Å². The van der Waals surface area contributed by atoms with Gasteiger partial charge in [0.25, 0.3) is 11.8 Å². The molecular formula is C24H18ClN3O3S. The van der Waals surface area contributed by atoms with Gasteiger partial charge in [-0.3, -0.25) is 9.59 Å². The second kappa shape index (κ2) is 9.72. The van der Waals surface area contributed by atoms with Crippen LogP contribution in [0.4, 0.5) is 5.69 Å². The Balaban J connectivity index is 1.54. The molecule has 0 saturated carbocycles. The maximum Gasteiger partial charge on any atom is 0.264 e. The molecule has 0 unspecified atom stereocenters. The number of para-hydroxylation sites is 2. The van der Waals surface area contributed by atoms with Gasteiger partial charge in [0.1, 0.15) is 12.4 Å². The third-order valence-corrected chi connectivity index (χ3v) is 5.72. The van der Waals surface area contributed by atoms with E-state index in [1.807, 2.05) is 48.5 Å². The molecule has 160 valence electrons. The first-order valence-corrected chi connectivity index (χ1v) is 10.8. The summed E-state index contributed by atoms with van der Waals surface area (Å²) in [5.74, 6) is -0.215. The van der Waals surface area contributed by atoms with Crippen molar-refractivity contribution in [3.63, 3.8) is 0 Å². The molecule has 32 heavy (non-hydrogen) atoms. The SMILES string of the molecule is NC(=O)c1ccccc1N=C1NC(=O)/C(=C/c2ccccc2OCc2ccc(Cl)cc2)S1. The number of primary amides is 1. The Kier molecular flexibility index (Phi) is 6.58. The molecule has 3 aromatic carbocycles. The van der Waals surface area contributed by atoms with Gasteiger partial charge in [0.2, 0.25) is 0 Å². The smallest absolute Gasteiger partial charge is 0.264 e. The standard InChI is InChI=1S/C24H18ClN3O3S/c25-17-11-9-15(10-12-17)14-31-20-8-4-1-5-16(20)13-21-23(30)28-24(32-21)27-19-7-3-2-6-18(19)22(26)29/h1-13H,14H2,(H2,26,29)(H,27,28,30)/b21-13-. The third kappa shape index (κ3) is 5.19. The number of rotatable bonds is 6. The van der Waals surface area contributed by atoms with Crippen LogP contribution in [0.2, 0.25) is 5.02 Å². The molecule has 2 amide bonds. The number of aliphatic imine (C=N–C) groups is 1. The predicted octanol–water partition coefficient (Wildman–Crippen LogP) is 4.91. The van der Waals surface area contributed by atoms with E-state index in [-0.39, 0.29) is 11.5 Å². The maximum atomic E-state index is 12.5. The number of ether oxygens (including phenoxy) is 1. The van der Waals surface area contributed by atoms with E-state index in [0.29, 0.717) is 33.1 Å². The van der Waals surface area contributed by atoms with E-state index in [4.69, 9.17) is 22.1 Å². The fourth-order valence-electron chi connectivity index (χ4n) is 2.98. The lowest BCUT2D eigenvalue weighted by Gasteiger charge is -2.09. The number of nitrogens with two attached hydrogens (primary N) is 1. The topological polar surface area (TPSA) is 93.8 Å². The number of carbonyl (C=O) groups is 2. The second-order valence-electron chi connectivity index (χ2n) is 6.82. The molecule has 0 aromatic heterocycles. The van der Waals surface area contributed by atoms with Crippen LogP contribution in [-0.2, 0) is 11.4 Å². The predicted molar refractivity (Wildman–Crippen MR) is 128 cm³/mol. The van der Waals surface area contributed by atoms with Crippen LogP contribution in [0.25, 0.3) is 6.08 Å². The Labute approximate surface area is 194 Å². The number of amidine groups is 1. The average Bonchev–Trinajstić information content (AvgIpc) is 3.13. The Morgan fingerprint density at radius 3 is 2.56 bits per heavy atom. The normalized spacial score (nSPS) is 15.7. The van der Waals surface area contributed by atoms with Crippen LogP contribution in [0, 0.1) is 0 Å².